The Bertz CT molecular complexity index is 545. The van der Waals surface area contributed by atoms with Crippen molar-refractivity contribution < 1.29 is 37.3 Å². The van der Waals surface area contributed by atoms with Gasteiger partial charge in [0, 0.05) is 13.5 Å². The van der Waals surface area contributed by atoms with Crippen LogP contribution in [-0.4, -0.2) is 37.1 Å². The van der Waals surface area contributed by atoms with Gasteiger partial charge in [-0.1, -0.05) is 6.07 Å². The fourth-order valence-corrected chi connectivity index (χ4v) is 1.52. The summed E-state index contributed by atoms with van der Waals surface area (Å²) in [6.45, 7) is -0.219. The molecule has 122 valence electrons. The Morgan fingerprint density at radius 3 is 2.55 bits per heavy atom. The number of nitrogens with one attached hydrogen (secondary N) is 1. The number of carbonyl (C=O) groups excluding carboxylic acids is 1. The summed E-state index contributed by atoms with van der Waals surface area (Å²) in [4.78, 5) is 21.5. The third-order valence-corrected chi connectivity index (χ3v) is 2.51. The lowest BCUT2D eigenvalue weighted by Crippen LogP contribution is -2.30. The maximum absolute atomic E-state index is 12.3. The zero-order valence-electron chi connectivity index (χ0n) is 11.6. The lowest BCUT2D eigenvalue weighted by Gasteiger charge is -2.14. The Hall–Kier alpha value is -2.29. The lowest BCUT2D eigenvalue weighted by atomic mass is 10.1. The summed E-state index contributed by atoms with van der Waals surface area (Å²) >= 11 is 0. The summed E-state index contributed by atoms with van der Waals surface area (Å²) in [6, 6.07) is 4.07. The molecule has 0 heterocycles. The number of halogens is 3. The number of rotatable bonds is 7. The van der Waals surface area contributed by atoms with Crippen LogP contribution in [0.3, 0.4) is 0 Å². The smallest absolute Gasteiger partial charge is 0.471 e. The van der Waals surface area contributed by atoms with Crippen molar-refractivity contribution in [3.05, 3.63) is 23.8 Å². The molecule has 0 aliphatic carbocycles. The Morgan fingerprint density at radius 2 is 2.00 bits per heavy atom. The first-order valence-corrected chi connectivity index (χ1v) is 6.08. The summed E-state index contributed by atoms with van der Waals surface area (Å²) in [5, 5.41) is 10.3. The molecular weight excluding hydrogens is 307 g/mol. The topological polar surface area (TPSA) is 84.9 Å². The van der Waals surface area contributed by atoms with Crippen molar-refractivity contribution in [2.45, 2.75) is 19.0 Å². The first-order chi connectivity index (χ1) is 10.2. The molecule has 0 bridgehead atoms. The molecule has 0 aliphatic heterocycles. The molecule has 1 amide bonds. The van der Waals surface area contributed by atoms with E-state index < -0.39 is 18.1 Å². The summed E-state index contributed by atoms with van der Waals surface area (Å²) in [5.74, 6) is -3.20. The van der Waals surface area contributed by atoms with Crippen molar-refractivity contribution in [1.82, 2.24) is 0 Å². The number of hydrogen-bond acceptors (Lipinski definition) is 4. The van der Waals surface area contributed by atoms with Crippen molar-refractivity contribution in [1.29, 1.82) is 0 Å². The van der Waals surface area contributed by atoms with Crippen LogP contribution >= 0.6 is 0 Å². The van der Waals surface area contributed by atoms with Crippen LogP contribution in [0.15, 0.2) is 18.2 Å². The number of alkyl halides is 3. The zero-order valence-corrected chi connectivity index (χ0v) is 11.6. The number of hydrogen-bond donors (Lipinski definition) is 2. The van der Waals surface area contributed by atoms with Crippen LogP contribution < -0.4 is 10.1 Å². The van der Waals surface area contributed by atoms with Gasteiger partial charge in [-0.2, -0.15) is 13.2 Å². The van der Waals surface area contributed by atoms with Gasteiger partial charge in [-0.05, 0) is 24.1 Å². The fourth-order valence-electron chi connectivity index (χ4n) is 1.52. The predicted octanol–water partition coefficient (Wildman–Crippen LogP) is 2.19. The van der Waals surface area contributed by atoms with E-state index >= 15 is 0 Å². The van der Waals surface area contributed by atoms with Gasteiger partial charge >= 0.3 is 18.1 Å². The molecule has 0 aliphatic rings. The van der Waals surface area contributed by atoms with Crippen LogP contribution in [0.1, 0.15) is 12.0 Å². The van der Waals surface area contributed by atoms with Crippen molar-refractivity contribution in [2.75, 3.05) is 19.2 Å². The van der Waals surface area contributed by atoms with Gasteiger partial charge < -0.3 is 19.9 Å². The van der Waals surface area contributed by atoms with Gasteiger partial charge in [-0.25, -0.2) is 0 Å². The van der Waals surface area contributed by atoms with Gasteiger partial charge in [0.15, 0.2) is 6.79 Å². The molecule has 1 aromatic rings. The van der Waals surface area contributed by atoms with E-state index in [-0.39, 0.29) is 31.1 Å². The quantitative estimate of drug-likeness (QED) is 0.752. The van der Waals surface area contributed by atoms with Gasteiger partial charge in [0.2, 0.25) is 0 Å². The highest BCUT2D eigenvalue weighted by molar-refractivity contribution is 5.96. The van der Waals surface area contributed by atoms with Crippen molar-refractivity contribution in [3.8, 4) is 5.75 Å². The number of ether oxygens (including phenoxy) is 2. The minimum absolute atomic E-state index is 0.0153. The van der Waals surface area contributed by atoms with E-state index in [2.05, 4.69) is 4.74 Å². The number of aryl methyl sites for hydroxylation is 1. The van der Waals surface area contributed by atoms with Gasteiger partial charge in [-0.15, -0.1) is 0 Å². The number of anilines is 1. The third-order valence-electron chi connectivity index (χ3n) is 2.51. The second-order valence-corrected chi connectivity index (χ2v) is 4.23. The van der Waals surface area contributed by atoms with E-state index in [1.807, 2.05) is 0 Å². The highest BCUT2D eigenvalue weighted by Gasteiger charge is 2.39. The van der Waals surface area contributed by atoms with Crippen molar-refractivity contribution in [2.24, 2.45) is 0 Å². The number of methoxy groups -OCH3 is 1. The Balaban J connectivity index is 2.98. The average Bonchev–Trinajstić information content (AvgIpc) is 2.43. The van der Waals surface area contributed by atoms with Crippen LogP contribution in [0.4, 0.5) is 18.9 Å². The van der Waals surface area contributed by atoms with Gasteiger partial charge in [0.25, 0.3) is 0 Å². The van der Waals surface area contributed by atoms with Crippen LogP contribution in [0.25, 0.3) is 0 Å². The van der Waals surface area contributed by atoms with Crippen molar-refractivity contribution >= 4 is 17.6 Å². The molecule has 1 aromatic carbocycles. The van der Waals surface area contributed by atoms with Crippen molar-refractivity contribution in [3.63, 3.8) is 0 Å². The molecule has 0 unspecified atom stereocenters. The summed E-state index contributed by atoms with van der Waals surface area (Å²) < 4.78 is 46.7. The fraction of sp³-hybridized carbons (Fsp3) is 0.385. The molecule has 0 fully saturated rings. The number of amides is 1. The molecular formula is C13H14F3NO5. The first-order valence-electron chi connectivity index (χ1n) is 6.08. The minimum atomic E-state index is -5.05. The molecule has 0 radical (unpaired) electrons. The standard InChI is InChI=1S/C13H14F3NO5/c1-21-7-22-10-4-2-8(3-5-11(18)19)6-9(10)17-12(20)13(14,15)16/h2,4,6H,3,5,7H2,1H3,(H,17,20)(H,18,19). The second-order valence-electron chi connectivity index (χ2n) is 4.23. The van der Waals surface area contributed by atoms with E-state index in [4.69, 9.17) is 9.84 Å². The average molecular weight is 321 g/mol. The first kappa shape index (κ1) is 17.8. The van der Waals surface area contributed by atoms with Crippen LogP contribution in [0.5, 0.6) is 5.75 Å². The number of aliphatic carboxylic acids is 1. The monoisotopic (exact) mass is 321 g/mol. The van der Waals surface area contributed by atoms with Crippen LogP contribution in [-0.2, 0) is 20.7 Å². The van der Waals surface area contributed by atoms with E-state index in [9.17, 15) is 22.8 Å². The highest BCUT2D eigenvalue weighted by Crippen LogP contribution is 2.28. The largest absolute Gasteiger partial charge is 0.481 e. The maximum Gasteiger partial charge on any atom is 0.471 e. The minimum Gasteiger partial charge on any atom is -0.481 e. The maximum atomic E-state index is 12.3. The van der Waals surface area contributed by atoms with E-state index in [0.717, 1.165) is 0 Å². The molecule has 0 atom stereocenters. The molecule has 0 saturated heterocycles. The molecule has 1 rings (SSSR count). The molecule has 22 heavy (non-hydrogen) atoms. The molecule has 9 heteroatoms. The highest BCUT2D eigenvalue weighted by atomic mass is 19.4. The molecule has 0 spiro atoms. The summed E-state index contributed by atoms with van der Waals surface area (Å²) in [5.41, 5.74) is 0.243. The number of carboxylic acid groups (broad SMARTS) is 1. The molecule has 0 saturated carbocycles. The third kappa shape index (κ3) is 5.60. The molecule has 0 aromatic heterocycles. The van der Waals surface area contributed by atoms with Gasteiger partial charge in [0.05, 0.1) is 5.69 Å². The van der Waals surface area contributed by atoms with Crippen LogP contribution in [0.2, 0.25) is 0 Å². The normalized spacial score (nSPS) is 11.1. The Kier molecular flexibility index (Phi) is 6.17. The number of carboxylic acids is 1. The van der Waals surface area contributed by atoms with E-state index in [1.54, 1.807) is 5.32 Å². The predicted molar refractivity (Wildman–Crippen MR) is 69.6 cm³/mol. The Morgan fingerprint density at radius 1 is 1.32 bits per heavy atom. The van der Waals surface area contributed by atoms with E-state index in [0.29, 0.717) is 5.56 Å². The SMILES string of the molecule is COCOc1ccc(CCC(=O)O)cc1NC(=O)C(F)(F)F. The molecule has 6 nitrogen and oxygen atoms in total. The summed E-state index contributed by atoms with van der Waals surface area (Å²) in [7, 11) is 1.33. The molecule has 2 N–H and O–H groups in total. The lowest BCUT2D eigenvalue weighted by molar-refractivity contribution is -0.167. The Labute approximate surface area is 123 Å². The number of carbonyl (C=O) groups is 2. The number of benzene rings is 1. The van der Waals surface area contributed by atoms with Crippen LogP contribution in [0, 0.1) is 0 Å². The van der Waals surface area contributed by atoms with E-state index in [1.165, 1.54) is 25.3 Å². The second kappa shape index (κ2) is 7.64. The van der Waals surface area contributed by atoms with Gasteiger partial charge in [-0.3, -0.25) is 9.59 Å². The van der Waals surface area contributed by atoms with Gasteiger partial charge in [0.1, 0.15) is 5.75 Å². The summed E-state index contributed by atoms with van der Waals surface area (Å²) in [6.07, 6.45) is -5.13. The zero-order chi connectivity index (χ0) is 16.8.